The molecular formula is C15H20FNO3S2. The second kappa shape index (κ2) is 7.46. The molecule has 1 heterocycles. The minimum atomic E-state index is -2.91. The summed E-state index contributed by atoms with van der Waals surface area (Å²) in [6.45, 7) is 1.83. The van der Waals surface area contributed by atoms with Crippen LogP contribution in [0.4, 0.5) is 4.39 Å². The van der Waals surface area contributed by atoms with Crippen molar-refractivity contribution in [2.75, 3.05) is 17.3 Å². The summed E-state index contributed by atoms with van der Waals surface area (Å²) in [5, 5.41) is 2.84. The molecule has 1 aliphatic heterocycles. The van der Waals surface area contributed by atoms with Crippen LogP contribution in [0, 0.1) is 5.82 Å². The minimum Gasteiger partial charge on any atom is -0.353 e. The van der Waals surface area contributed by atoms with E-state index >= 15 is 0 Å². The zero-order valence-electron chi connectivity index (χ0n) is 12.4. The summed E-state index contributed by atoms with van der Waals surface area (Å²) in [6.07, 6.45) is 1.05. The molecule has 22 heavy (non-hydrogen) atoms. The van der Waals surface area contributed by atoms with Gasteiger partial charge < -0.3 is 5.32 Å². The standard InChI is InChI=1S/C15H20FNO3S2/c1-11(8-12-4-2-3-5-14(12)16)17-15(18)9-21-13-6-7-22(19,20)10-13/h2-5,11,13H,6-10H2,1H3,(H,17,18)/t11-,13+/m0/s1. The third-order valence-electron chi connectivity index (χ3n) is 3.53. The van der Waals surface area contributed by atoms with Gasteiger partial charge in [0.2, 0.25) is 5.91 Å². The van der Waals surface area contributed by atoms with E-state index in [-0.39, 0.29) is 40.3 Å². The summed E-state index contributed by atoms with van der Waals surface area (Å²) >= 11 is 1.38. The van der Waals surface area contributed by atoms with Gasteiger partial charge in [0.05, 0.1) is 17.3 Å². The molecule has 1 aromatic carbocycles. The second-order valence-corrected chi connectivity index (χ2v) is 9.12. The first-order chi connectivity index (χ1) is 10.4. The number of nitrogens with one attached hydrogen (secondary N) is 1. The van der Waals surface area contributed by atoms with Crippen LogP contribution >= 0.6 is 11.8 Å². The minimum absolute atomic E-state index is 0.0117. The van der Waals surface area contributed by atoms with Crippen molar-refractivity contribution in [2.24, 2.45) is 0 Å². The molecule has 4 nitrogen and oxygen atoms in total. The Balaban J connectivity index is 1.74. The molecule has 2 atom stereocenters. The number of amides is 1. The van der Waals surface area contributed by atoms with Gasteiger partial charge in [0, 0.05) is 11.3 Å². The van der Waals surface area contributed by atoms with Crippen LogP contribution in [-0.4, -0.2) is 42.9 Å². The molecule has 0 radical (unpaired) electrons. The zero-order chi connectivity index (χ0) is 16.2. The van der Waals surface area contributed by atoms with Crippen LogP contribution in [0.5, 0.6) is 0 Å². The van der Waals surface area contributed by atoms with Crippen molar-refractivity contribution in [3.05, 3.63) is 35.6 Å². The quantitative estimate of drug-likeness (QED) is 0.854. The molecule has 1 fully saturated rings. The van der Waals surface area contributed by atoms with Crippen LogP contribution in [0.15, 0.2) is 24.3 Å². The Bertz CT molecular complexity index is 633. The number of carbonyl (C=O) groups is 1. The first-order valence-corrected chi connectivity index (χ1v) is 10.1. The molecule has 1 N–H and O–H groups in total. The maximum Gasteiger partial charge on any atom is 0.230 e. The number of benzene rings is 1. The van der Waals surface area contributed by atoms with Crippen molar-refractivity contribution in [1.29, 1.82) is 0 Å². The van der Waals surface area contributed by atoms with Crippen LogP contribution in [-0.2, 0) is 21.1 Å². The first-order valence-electron chi connectivity index (χ1n) is 7.20. The molecule has 0 aliphatic carbocycles. The third kappa shape index (κ3) is 5.28. The molecule has 2 rings (SSSR count). The molecular weight excluding hydrogens is 325 g/mol. The fraction of sp³-hybridized carbons (Fsp3) is 0.533. The number of hydrogen-bond donors (Lipinski definition) is 1. The third-order valence-corrected chi connectivity index (χ3v) is 6.81. The Kier molecular flexibility index (Phi) is 5.86. The van der Waals surface area contributed by atoms with Crippen molar-refractivity contribution in [3.8, 4) is 0 Å². The van der Waals surface area contributed by atoms with Gasteiger partial charge in [-0.3, -0.25) is 4.79 Å². The highest BCUT2D eigenvalue weighted by atomic mass is 32.2. The molecule has 1 aliphatic rings. The molecule has 0 aromatic heterocycles. The molecule has 1 aromatic rings. The maximum atomic E-state index is 13.5. The van der Waals surface area contributed by atoms with Gasteiger partial charge in [-0.15, -0.1) is 11.8 Å². The highest BCUT2D eigenvalue weighted by Crippen LogP contribution is 2.24. The van der Waals surface area contributed by atoms with Gasteiger partial charge in [-0.2, -0.15) is 0 Å². The van der Waals surface area contributed by atoms with Gasteiger partial charge >= 0.3 is 0 Å². The number of hydrogen-bond acceptors (Lipinski definition) is 4. The lowest BCUT2D eigenvalue weighted by Crippen LogP contribution is -2.35. The van der Waals surface area contributed by atoms with Crippen LogP contribution in [0.2, 0.25) is 0 Å². The van der Waals surface area contributed by atoms with Crippen LogP contribution < -0.4 is 5.32 Å². The highest BCUT2D eigenvalue weighted by Gasteiger charge is 2.28. The van der Waals surface area contributed by atoms with Crippen molar-refractivity contribution in [2.45, 2.75) is 31.1 Å². The molecule has 0 unspecified atom stereocenters. The lowest BCUT2D eigenvalue weighted by Gasteiger charge is -2.15. The number of thioether (sulfide) groups is 1. The highest BCUT2D eigenvalue weighted by molar-refractivity contribution is 8.02. The second-order valence-electron chi connectivity index (χ2n) is 5.60. The van der Waals surface area contributed by atoms with Crippen LogP contribution in [0.1, 0.15) is 18.9 Å². The lowest BCUT2D eigenvalue weighted by molar-refractivity contribution is -0.119. The van der Waals surface area contributed by atoms with E-state index in [9.17, 15) is 17.6 Å². The zero-order valence-corrected chi connectivity index (χ0v) is 14.1. The molecule has 0 spiro atoms. The first kappa shape index (κ1) is 17.3. The summed E-state index contributed by atoms with van der Waals surface area (Å²) in [5.74, 6) is 0.209. The van der Waals surface area contributed by atoms with Gasteiger partial charge in [0.1, 0.15) is 5.82 Å². The Hall–Kier alpha value is -1.08. The maximum absolute atomic E-state index is 13.5. The fourth-order valence-corrected chi connectivity index (χ4v) is 5.90. The number of carbonyl (C=O) groups excluding carboxylic acids is 1. The van der Waals surface area contributed by atoms with Crippen molar-refractivity contribution >= 4 is 27.5 Å². The van der Waals surface area contributed by atoms with E-state index in [1.165, 1.54) is 17.8 Å². The topological polar surface area (TPSA) is 63.2 Å². The van der Waals surface area contributed by atoms with Crippen molar-refractivity contribution in [1.82, 2.24) is 5.32 Å². The lowest BCUT2D eigenvalue weighted by atomic mass is 10.1. The number of halogens is 1. The van der Waals surface area contributed by atoms with Crippen molar-refractivity contribution < 1.29 is 17.6 Å². The monoisotopic (exact) mass is 345 g/mol. The molecule has 1 saturated heterocycles. The Labute approximate surface area is 134 Å². The van der Waals surface area contributed by atoms with E-state index in [0.29, 0.717) is 18.4 Å². The molecule has 1 amide bonds. The van der Waals surface area contributed by atoms with Gasteiger partial charge in [0.15, 0.2) is 9.84 Å². The number of rotatable bonds is 6. The molecule has 0 saturated carbocycles. The predicted molar refractivity (Wildman–Crippen MR) is 87.2 cm³/mol. The summed E-state index contributed by atoms with van der Waals surface area (Å²) in [7, 11) is -2.91. The van der Waals surface area contributed by atoms with Gasteiger partial charge in [-0.05, 0) is 31.4 Å². The SMILES string of the molecule is C[C@@H](Cc1ccccc1F)NC(=O)CS[C@@H]1CCS(=O)(=O)C1. The number of sulfone groups is 1. The molecule has 7 heteroatoms. The van der Waals surface area contributed by atoms with Gasteiger partial charge in [0.25, 0.3) is 0 Å². The normalized spacial score (nSPS) is 21.5. The smallest absolute Gasteiger partial charge is 0.230 e. The van der Waals surface area contributed by atoms with E-state index in [1.807, 2.05) is 6.92 Å². The average molecular weight is 345 g/mol. The van der Waals surface area contributed by atoms with Gasteiger partial charge in [-0.25, -0.2) is 12.8 Å². The van der Waals surface area contributed by atoms with Crippen LogP contribution in [0.3, 0.4) is 0 Å². The van der Waals surface area contributed by atoms with E-state index in [2.05, 4.69) is 5.32 Å². The van der Waals surface area contributed by atoms with Gasteiger partial charge in [-0.1, -0.05) is 18.2 Å². The Morgan fingerprint density at radius 3 is 2.82 bits per heavy atom. The summed E-state index contributed by atoms with van der Waals surface area (Å²) in [6, 6.07) is 6.34. The predicted octanol–water partition coefficient (Wildman–Crippen LogP) is 1.79. The molecule has 0 bridgehead atoms. The largest absolute Gasteiger partial charge is 0.353 e. The summed E-state index contributed by atoms with van der Waals surface area (Å²) in [4.78, 5) is 11.9. The van der Waals surface area contributed by atoms with E-state index < -0.39 is 9.84 Å². The Morgan fingerprint density at radius 1 is 1.45 bits per heavy atom. The summed E-state index contributed by atoms with van der Waals surface area (Å²) < 4.78 is 36.2. The summed E-state index contributed by atoms with van der Waals surface area (Å²) in [5.41, 5.74) is 0.574. The Morgan fingerprint density at radius 2 is 2.18 bits per heavy atom. The van der Waals surface area contributed by atoms with Crippen LogP contribution in [0.25, 0.3) is 0 Å². The van der Waals surface area contributed by atoms with Crippen molar-refractivity contribution in [3.63, 3.8) is 0 Å². The van der Waals surface area contributed by atoms with E-state index in [1.54, 1.807) is 18.2 Å². The molecule has 122 valence electrons. The fourth-order valence-electron chi connectivity index (χ4n) is 2.45. The van der Waals surface area contributed by atoms with E-state index in [0.717, 1.165) is 0 Å². The van der Waals surface area contributed by atoms with E-state index in [4.69, 9.17) is 0 Å². The average Bonchev–Trinajstić information content (AvgIpc) is 2.78.